The molecule has 2 amide bonds. The van der Waals surface area contributed by atoms with Gasteiger partial charge in [-0.15, -0.1) is 0 Å². The van der Waals surface area contributed by atoms with Crippen LogP contribution in [0.25, 0.3) is 0 Å². The Morgan fingerprint density at radius 3 is 2.76 bits per heavy atom. The van der Waals surface area contributed by atoms with Gasteiger partial charge < -0.3 is 15.0 Å². The van der Waals surface area contributed by atoms with Crippen molar-refractivity contribution in [3.8, 4) is 0 Å². The maximum Gasteiger partial charge on any atom is 0.227 e. The summed E-state index contributed by atoms with van der Waals surface area (Å²) in [6, 6.07) is 0.412. The summed E-state index contributed by atoms with van der Waals surface area (Å²) in [6.45, 7) is 1.75. The molecule has 0 radical (unpaired) electrons. The van der Waals surface area contributed by atoms with Gasteiger partial charge in [-0.1, -0.05) is 0 Å². The van der Waals surface area contributed by atoms with Crippen molar-refractivity contribution in [1.29, 1.82) is 0 Å². The molecule has 1 aliphatic carbocycles. The predicted octanol–water partition coefficient (Wildman–Crippen LogP) is 0.150. The van der Waals surface area contributed by atoms with E-state index in [1.54, 1.807) is 7.11 Å². The van der Waals surface area contributed by atoms with Crippen molar-refractivity contribution in [2.24, 2.45) is 5.92 Å². The fourth-order valence-electron chi connectivity index (χ4n) is 2.23. The van der Waals surface area contributed by atoms with Crippen molar-refractivity contribution in [3.63, 3.8) is 0 Å². The van der Waals surface area contributed by atoms with E-state index < -0.39 is 0 Å². The number of rotatable bonds is 5. The van der Waals surface area contributed by atoms with E-state index in [0.29, 0.717) is 38.6 Å². The Hall–Kier alpha value is -1.10. The van der Waals surface area contributed by atoms with Crippen LogP contribution in [0, 0.1) is 5.92 Å². The minimum Gasteiger partial charge on any atom is -0.383 e. The van der Waals surface area contributed by atoms with Crippen LogP contribution in [-0.2, 0) is 14.3 Å². The lowest BCUT2D eigenvalue weighted by Gasteiger charge is -2.29. The molecule has 96 valence electrons. The second-order valence-corrected chi connectivity index (χ2v) is 4.80. The lowest BCUT2D eigenvalue weighted by Crippen LogP contribution is -2.46. The molecule has 0 bridgehead atoms. The highest BCUT2D eigenvalue weighted by Crippen LogP contribution is 2.29. The smallest absolute Gasteiger partial charge is 0.227 e. The number of nitrogens with one attached hydrogen (secondary N) is 1. The number of carbonyl (C=O) groups is 2. The normalized spacial score (nSPS) is 24.3. The fraction of sp³-hybridized carbons (Fsp3) is 0.833. The molecule has 0 aromatic carbocycles. The maximum absolute atomic E-state index is 12.3. The molecule has 2 aliphatic rings. The second-order valence-electron chi connectivity index (χ2n) is 4.80. The van der Waals surface area contributed by atoms with Gasteiger partial charge in [0.1, 0.15) is 0 Å². The van der Waals surface area contributed by atoms with Gasteiger partial charge in [0, 0.05) is 32.7 Å². The van der Waals surface area contributed by atoms with Crippen molar-refractivity contribution in [3.05, 3.63) is 0 Å². The van der Waals surface area contributed by atoms with Gasteiger partial charge in [0.2, 0.25) is 11.8 Å². The van der Waals surface area contributed by atoms with Crippen molar-refractivity contribution < 1.29 is 14.3 Å². The van der Waals surface area contributed by atoms with Crippen LogP contribution in [0.3, 0.4) is 0 Å². The number of piperidine rings is 1. The third kappa shape index (κ3) is 3.19. The Balaban J connectivity index is 1.88. The average Bonchev–Trinajstić information content (AvgIpc) is 3.14. The predicted molar refractivity (Wildman–Crippen MR) is 62.3 cm³/mol. The van der Waals surface area contributed by atoms with E-state index in [1.807, 2.05) is 4.90 Å². The van der Waals surface area contributed by atoms with Gasteiger partial charge in [0.05, 0.1) is 12.5 Å². The highest BCUT2D eigenvalue weighted by atomic mass is 16.5. The quantitative estimate of drug-likeness (QED) is 0.744. The number of amides is 2. The molecule has 1 saturated carbocycles. The lowest BCUT2D eigenvalue weighted by atomic mass is 9.97. The van der Waals surface area contributed by atoms with E-state index >= 15 is 0 Å². The summed E-state index contributed by atoms with van der Waals surface area (Å²) >= 11 is 0. The molecular formula is C12H20N2O3. The first-order valence-corrected chi connectivity index (χ1v) is 6.28. The topological polar surface area (TPSA) is 58.6 Å². The number of hydrogen-bond donors (Lipinski definition) is 1. The Labute approximate surface area is 101 Å². The van der Waals surface area contributed by atoms with Crippen LogP contribution >= 0.6 is 0 Å². The van der Waals surface area contributed by atoms with Gasteiger partial charge in [-0.3, -0.25) is 9.59 Å². The first-order chi connectivity index (χ1) is 8.22. The van der Waals surface area contributed by atoms with E-state index in [0.717, 1.165) is 12.8 Å². The van der Waals surface area contributed by atoms with Gasteiger partial charge in [0.25, 0.3) is 0 Å². The SMILES string of the molecule is COCCN(C(=O)C1CCC(=O)NC1)C1CC1. The van der Waals surface area contributed by atoms with E-state index in [2.05, 4.69) is 5.32 Å². The zero-order valence-corrected chi connectivity index (χ0v) is 10.3. The van der Waals surface area contributed by atoms with Gasteiger partial charge in [0.15, 0.2) is 0 Å². The molecule has 0 spiro atoms. The third-order valence-electron chi connectivity index (χ3n) is 3.42. The lowest BCUT2D eigenvalue weighted by molar-refractivity contribution is -0.138. The Kier molecular flexibility index (Phi) is 3.99. The van der Waals surface area contributed by atoms with E-state index in [-0.39, 0.29) is 17.7 Å². The summed E-state index contributed by atoms with van der Waals surface area (Å²) in [4.78, 5) is 25.3. The van der Waals surface area contributed by atoms with Crippen molar-refractivity contribution in [2.75, 3.05) is 26.8 Å². The van der Waals surface area contributed by atoms with Crippen LogP contribution in [0.4, 0.5) is 0 Å². The van der Waals surface area contributed by atoms with Crippen LogP contribution in [0.2, 0.25) is 0 Å². The van der Waals surface area contributed by atoms with E-state index in [9.17, 15) is 9.59 Å². The summed E-state index contributed by atoms with van der Waals surface area (Å²) in [6.07, 6.45) is 3.36. The van der Waals surface area contributed by atoms with E-state index in [1.165, 1.54) is 0 Å². The number of ether oxygens (including phenoxy) is 1. The minimum absolute atomic E-state index is 0.0369. The van der Waals surface area contributed by atoms with Crippen LogP contribution in [-0.4, -0.2) is 49.6 Å². The molecule has 1 atom stereocenters. The highest BCUT2D eigenvalue weighted by Gasteiger charge is 2.36. The molecule has 1 heterocycles. The zero-order valence-electron chi connectivity index (χ0n) is 10.3. The van der Waals surface area contributed by atoms with Crippen LogP contribution in [0.1, 0.15) is 25.7 Å². The Bertz CT molecular complexity index is 292. The molecule has 17 heavy (non-hydrogen) atoms. The standard InChI is InChI=1S/C12H20N2O3/c1-17-7-6-14(10-3-4-10)12(16)9-2-5-11(15)13-8-9/h9-10H,2-8H2,1H3,(H,13,15). The summed E-state index contributed by atoms with van der Waals surface area (Å²) in [5.41, 5.74) is 0. The van der Waals surface area contributed by atoms with Crippen LogP contribution < -0.4 is 5.32 Å². The Morgan fingerprint density at radius 2 is 2.24 bits per heavy atom. The molecule has 5 nitrogen and oxygen atoms in total. The first-order valence-electron chi connectivity index (χ1n) is 6.28. The van der Waals surface area contributed by atoms with Crippen molar-refractivity contribution in [2.45, 2.75) is 31.7 Å². The third-order valence-corrected chi connectivity index (χ3v) is 3.42. The zero-order chi connectivity index (χ0) is 12.3. The molecule has 2 rings (SSSR count). The van der Waals surface area contributed by atoms with Crippen molar-refractivity contribution in [1.82, 2.24) is 10.2 Å². The maximum atomic E-state index is 12.3. The number of methoxy groups -OCH3 is 1. The number of nitrogens with zero attached hydrogens (tertiary/aromatic N) is 1. The highest BCUT2D eigenvalue weighted by molar-refractivity contribution is 5.84. The Morgan fingerprint density at radius 1 is 1.47 bits per heavy atom. The molecular weight excluding hydrogens is 220 g/mol. The molecule has 1 unspecified atom stereocenters. The van der Waals surface area contributed by atoms with Crippen LogP contribution in [0.15, 0.2) is 0 Å². The molecule has 1 N–H and O–H groups in total. The van der Waals surface area contributed by atoms with Gasteiger partial charge in [-0.05, 0) is 19.3 Å². The van der Waals surface area contributed by atoms with Gasteiger partial charge >= 0.3 is 0 Å². The second kappa shape index (κ2) is 5.49. The summed E-state index contributed by atoms with van der Waals surface area (Å²) in [5.74, 6) is 0.207. The largest absolute Gasteiger partial charge is 0.383 e. The van der Waals surface area contributed by atoms with Crippen LogP contribution in [0.5, 0.6) is 0 Å². The van der Waals surface area contributed by atoms with E-state index in [4.69, 9.17) is 4.74 Å². The average molecular weight is 240 g/mol. The monoisotopic (exact) mass is 240 g/mol. The summed E-state index contributed by atoms with van der Waals surface area (Å²) < 4.78 is 5.04. The van der Waals surface area contributed by atoms with Crippen molar-refractivity contribution >= 4 is 11.8 Å². The molecule has 1 aliphatic heterocycles. The fourth-order valence-corrected chi connectivity index (χ4v) is 2.23. The molecule has 0 aromatic heterocycles. The summed E-state index contributed by atoms with van der Waals surface area (Å²) in [7, 11) is 1.65. The molecule has 0 aromatic rings. The summed E-state index contributed by atoms with van der Waals surface area (Å²) in [5, 5.41) is 2.77. The van der Waals surface area contributed by atoms with Gasteiger partial charge in [-0.2, -0.15) is 0 Å². The molecule has 5 heteroatoms. The van der Waals surface area contributed by atoms with Gasteiger partial charge in [-0.25, -0.2) is 0 Å². The number of hydrogen-bond acceptors (Lipinski definition) is 3. The molecule has 1 saturated heterocycles. The number of carbonyl (C=O) groups excluding carboxylic acids is 2. The molecule has 2 fully saturated rings. The first kappa shape index (κ1) is 12.4. The minimum atomic E-state index is -0.0369.